The summed E-state index contributed by atoms with van der Waals surface area (Å²) in [6.45, 7) is 5.83. The lowest BCUT2D eigenvalue weighted by molar-refractivity contribution is -0.116. The van der Waals surface area contributed by atoms with Crippen LogP contribution in [0.4, 0.5) is 10.1 Å². The highest BCUT2D eigenvalue weighted by Crippen LogP contribution is 2.30. The van der Waals surface area contributed by atoms with Gasteiger partial charge in [0, 0.05) is 23.2 Å². The molecule has 2 amide bonds. The Morgan fingerprint density at radius 2 is 1.69 bits per heavy atom. The lowest BCUT2D eigenvalue weighted by atomic mass is 10.1. The Balaban J connectivity index is 1.68. The van der Waals surface area contributed by atoms with Crippen molar-refractivity contribution in [1.29, 1.82) is 0 Å². The third-order valence-corrected chi connectivity index (χ3v) is 5.73. The maximum absolute atomic E-state index is 14.0. The van der Waals surface area contributed by atoms with Crippen molar-refractivity contribution >= 4 is 28.8 Å². The van der Waals surface area contributed by atoms with E-state index in [1.54, 1.807) is 37.4 Å². The highest BCUT2D eigenvalue weighted by Gasteiger charge is 2.19. The number of likely N-dealkylation sites (N-methyl/N-ethyl adjacent to an activating group) is 1. The van der Waals surface area contributed by atoms with Crippen molar-refractivity contribution < 1.29 is 14.0 Å². The van der Waals surface area contributed by atoms with Gasteiger partial charge in [-0.25, -0.2) is 4.39 Å². The van der Waals surface area contributed by atoms with Crippen LogP contribution in [0.15, 0.2) is 48.5 Å². The zero-order valence-corrected chi connectivity index (χ0v) is 17.7. The Morgan fingerprint density at radius 1 is 1.03 bits per heavy atom. The van der Waals surface area contributed by atoms with Crippen molar-refractivity contribution in [3.05, 3.63) is 75.9 Å². The molecule has 6 heteroatoms. The van der Waals surface area contributed by atoms with Crippen molar-refractivity contribution in [3.63, 3.8) is 0 Å². The number of nitrogens with zero attached hydrogens (tertiary/aromatic N) is 1. The van der Waals surface area contributed by atoms with Gasteiger partial charge in [-0.05, 0) is 50.1 Å². The maximum Gasteiger partial charge on any atom is 0.264 e. The zero-order valence-electron chi connectivity index (χ0n) is 16.9. The van der Waals surface area contributed by atoms with Crippen LogP contribution in [0.1, 0.15) is 26.4 Å². The first-order valence-corrected chi connectivity index (χ1v) is 10.1. The van der Waals surface area contributed by atoms with Gasteiger partial charge in [0.25, 0.3) is 5.91 Å². The standard InChI is InChI=1S/C23H23FN2O2S/c1-14-11-15(2)22(16(3)12-14)25-21(27)13-26(4)23(28)20-10-9-19(29-20)17-7-5-6-8-18(17)24/h5-12H,13H2,1-4H3,(H,25,27). The summed E-state index contributed by atoms with van der Waals surface area (Å²) >= 11 is 1.21. The minimum Gasteiger partial charge on any atom is -0.332 e. The number of benzene rings is 2. The topological polar surface area (TPSA) is 49.4 Å². The number of carbonyl (C=O) groups is 2. The van der Waals surface area contributed by atoms with E-state index in [-0.39, 0.29) is 24.2 Å². The summed E-state index contributed by atoms with van der Waals surface area (Å²) in [5, 5.41) is 2.90. The molecule has 0 saturated heterocycles. The Kier molecular flexibility index (Phi) is 6.13. The maximum atomic E-state index is 14.0. The third-order valence-electron chi connectivity index (χ3n) is 4.63. The fourth-order valence-electron chi connectivity index (χ4n) is 3.29. The summed E-state index contributed by atoms with van der Waals surface area (Å²) < 4.78 is 14.0. The Labute approximate surface area is 174 Å². The number of halogens is 1. The van der Waals surface area contributed by atoms with Gasteiger partial charge in [0.05, 0.1) is 11.4 Å². The molecule has 1 N–H and O–H groups in total. The predicted molar refractivity (Wildman–Crippen MR) is 116 cm³/mol. The molecule has 29 heavy (non-hydrogen) atoms. The van der Waals surface area contributed by atoms with Crippen LogP contribution in [-0.2, 0) is 4.79 Å². The molecule has 3 rings (SSSR count). The summed E-state index contributed by atoms with van der Waals surface area (Å²) in [6, 6.07) is 13.9. The SMILES string of the molecule is Cc1cc(C)c(NC(=O)CN(C)C(=O)c2ccc(-c3ccccc3F)s2)c(C)c1. The summed E-state index contributed by atoms with van der Waals surface area (Å²) in [6.07, 6.45) is 0. The van der Waals surface area contributed by atoms with Crippen LogP contribution in [0.3, 0.4) is 0 Å². The molecule has 0 aliphatic rings. The van der Waals surface area contributed by atoms with E-state index in [0.29, 0.717) is 15.3 Å². The van der Waals surface area contributed by atoms with Gasteiger partial charge in [-0.3, -0.25) is 9.59 Å². The second-order valence-corrected chi connectivity index (χ2v) is 8.21. The van der Waals surface area contributed by atoms with E-state index in [9.17, 15) is 14.0 Å². The van der Waals surface area contributed by atoms with Gasteiger partial charge in [0.2, 0.25) is 5.91 Å². The van der Waals surface area contributed by atoms with Gasteiger partial charge in [0.1, 0.15) is 5.82 Å². The van der Waals surface area contributed by atoms with E-state index in [1.807, 2.05) is 32.9 Å². The molecule has 0 aliphatic carbocycles. The van der Waals surface area contributed by atoms with E-state index < -0.39 is 0 Å². The third kappa shape index (κ3) is 4.71. The van der Waals surface area contributed by atoms with Gasteiger partial charge in [-0.15, -0.1) is 11.3 Å². The number of hydrogen-bond donors (Lipinski definition) is 1. The van der Waals surface area contributed by atoms with E-state index in [2.05, 4.69) is 5.32 Å². The Hall–Kier alpha value is -2.99. The number of aryl methyl sites for hydroxylation is 3. The first-order valence-electron chi connectivity index (χ1n) is 9.24. The summed E-state index contributed by atoms with van der Waals surface area (Å²) in [4.78, 5) is 27.7. The molecular formula is C23H23FN2O2S. The van der Waals surface area contributed by atoms with Crippen molar-refractivity contribution in [3.8, 4) is 10.4 Å². The molecule has 3 aromatic rings. The molecule has 150 valence electrons. The van der Waals surface area contributed by atoms with Crippen LogP contribution in [0, 0.1) is 26.6 Å². The molecule has 0 spiro atoms. The molecule has 0 radical (unpaired) electrons. The highest BCUT2D eigenvalue weighted by molar-refractivity contribution is 7.17. The van der Waals surface area contributed by atoms with E-state index >= 15 is 0 Å². The van der Waals surface area contributed by atoms with E-state index in [4.69, 9.17) is 0 Å². The normalized spacial score (nSPS) is 10.7. The first kappa shape index (κ1) is 20.7. The smallest absolute Gasteiger partial charge is 0.264 e. The largest absolute Gasteiger partial charge is 0.332 e. The summed E-state index contributed by atoms with van der Waals surface area (Å²) in [7, 11) is 1.58. The Morgan fingerprint density at radius 3 is 2.34 bits per heavy atom. The van der Waals surface area contributed by atoms with Crippen LogP contribution < -0.4 is 5.32 Å². The number of thiophene rings is 1. The molecule has 1 aromatic heterocycles. The van der Waals surface area contributed by atoms with E-state index in [0.717, 1.165) is 22.4 Å². The second kappa shape index (κ2) is 8.57. The molecule has 0 atom stereocenters. The quantitative estimate of drug-likeness (QED) is 0.629. The number of carbonyl (C=O) groups excluding carboxylic acids is 2. The minimum atomic E-state index is -0.329. The van der Waals surface area contributed by atoms with Crippen LogP contribution in [0.25, 0.3) is 10.4 Å². The molecule has 4 nitrogen and oxygen atoms in total. The van der Waals surface area contributed by atoms with Crippen molar-refractivity contribution in [2.24, 2.45) is 0 Å². The van der Waals surface area contributed by atoms with E-state index in [1.165, 1.54) is 22.3 Å². The highest BCUT2D eigenvalue weighted by atomic mass is 32.1. The monoisotopic (exact) mass is 410 g/mol. The van der Waals surface area contributed by atoms with Gasteiger partial charge in [0.15, 0.2) is 0 Å². The molecule has 0 fully saturated rings. The number of amides is 2. The lowest BCUT2D eigenvalue weighted by Crippen LogP contribution is -2.34. The van der Waals surface area contributed by atoms with Gasteiger partial charge in [-0.1, -0.05) is 35.9 Å². The fraction of sp³-hybridized carbons (Fsp3) is 0.217. The summed E-state index contributed by atoms with van der Waals surface area (Å²) in [5.74, 6) is -0.864. The molecule has 0 bridgehead atoms. The summed E-state index contributed by atoms with van der Waals surface area (Å²) in [5.41, 5.74) is 4.34. The van der Waals surface area contributed by atoms with Crippen LogP contribution in [0.5, 0.6) is 0 Å². The average Bonchev–Trinajstić information content (AvgIpc) is 3.14. The van der Waals surface area contributed by atoms with Gasteiger partial charge in [-0.2, -0.15) is 0 Å². The lowest BCUT2D eigenvalue weighted by Gasteiger charge is -2.18. The van der Waals surface area contributed by atoms with Crippen molar-refractivity contribution in [1.82, 2.24) is 4.90 Å². The second-order valence-electron chi connectivity index (χ2n) is 7.13. The minimum absolute atomic E-state index is 0.0709. The molecule has 1 heterocycles. The number of hydrogen-bond acceptors (Lipinski definition) is 3. The predicted octanol–water partition coefficient (Wildman–Crippen LogP) is 5.19. The molecule has 0 unspecified atom stereocenters. The van der Waals surface area contributed by atoms with Crippen molar-refractivity contribution in [2.45, 2.75) is 20.8 Å². The first-order chi connectivity index (χ1) is 13.8. The van der Waals surface area contributed by atoms with Gasteiger partial charge >= 0.3 is 0 Å². The molecule has 2 aromatic carbocycles. The van der Waals surface area contributed by atoms with Crippen LogP contribution in [-0.4, -0.2) is 30.3 Å². The van der Waals surface area contributed by atoms with Crippen LogP contribution >= 0.6 is 11.3 Å². The van der Waals surface area contributed by atoms with Crippen molar-refractivity contribution in [2.75, 3.05) is 18.9 Å². The zero-order chi connectivity index (χ0) is 21.1. The van der Waals surface area contributed by atoms with Gasteiger partial charge < -0.3 is 10.2 Å². The Bertz CT molecular complexity index is 1050. The number of nitrogens with one attached hydrogen (secondary N) is 1. The average molecular weight is 411 g/mol. The van der Waals surface area contributed by atoms with Crippen LogP contribution in [0.2, 0.25) is 0 Å². The number of anilines is 1. The fourth-order valence-corrected chi connectivity index (χ4v) is 4.32. The number of rotatable bonds is 5. The molecule has 0 saturated carbocycles. The molecule has 0 aliphatic heterocycles. The molecular weight excluding hydrogens is 387 g/mol.